The van der Waals surface area contributed by atoms with Crippen LogP contribution in [0.3, 0.4) is 0 Å². The number of fused-ring (bicyclic) bond motifs is 1. The third-order valence-electron chi connectivity index (χ3n) is 5.64. The zero-order valence-electron chi connectivity index (χ0n) is 15.3. The Labute approximate surface area is 156 Å². The van der Waals surface area contributed by atoms with E-state index in [1.807, 2.05) is 37.1 Å². The lowest BCUT2D eigenvalue weighted by Crippen LogP contribution is -2.62. The van der Waals surface area contributed by atoms with Gasteiger partial charge in [-0.2, -0.15) is 5.10 Å². The molecule has 27 heavy (non-hydrogen) atoms. The maximum absolute atomic E-state index is 12.8. The van der Waals surface area contributed by atoms with E-state index in [2.05, 4.69) is 16.3 Å². The van der Waals surface area contributed by atoms with Crippen molar-refractivity contribution in [2.24, 2.45) is 12.5 Å². The lowest BCUT2D eigenvalue weighted by molar-refractivity contribution is -0.0295. The molecule has 0 unspecified atom stereocenters. The largest absolute Gasteiger partial charge is 0.493 e. The van der Waals surface area contributed by atoms with Crippen LogP contribution in [0.1, 0.15) is 21.7 Å². The van der Waals surface area contributed by atoms with E-state index in [9.17, 15) is 4.79 Å². The highest BCUT2D eigenvalue weighted by Gasteiger charge is 2.48. The molecule has 1 aromatic carbocycles. The molecule has 2 aliphatic heterocycles. The van der Waals surface area contributed by atoms with Crippen molar-refractivity contribution in [2.75, 3.05) is 19.7 Å². The highest BCUT2D eigenvalue weighted by molar-refractivity contribution is 5.93. The molecule has 0 saturated carbocycles. The Morgan fingerprint density at radius 3 is 2.85 bits per heavy atom. The molecule has 0 N–H and O–H groups in total. The quantitative estimate of drug-likeness (QED) is 0.698. The number of aryl methyl sites for hydroxylation is 1. The molecule has 2 aromatic heterocycles. The van der Waals surface area contributed by atoms with Gasteiger partial charge in [-0.05, 0) is 25.0 Å². The number of ether oxygens (including phenoxy) is 1. The summed E-state index contributed by atoms with van der Waals surface area (Å²) in [5, 5.41) is 8.18. The molecule has 4 heterocycles. The van der Waals surface area contributed by atoms with Crippen LogP contribution in [-0.4, -0.2) is 45.4 Å². The smallest absolute Gasteiger partial charge is 0.276 e. The number of aromatic nitrogens is 3. The molecule has 2 aliphatic rings. The third-order valence-corrected chi connectivity index (χ3v) is 5.64. The van der Waals surface area contributed by atoms with Crippen molar-refractivity contribution in [1.82, 2.24) is 19.8 Å². The molecule has 5 rings (SSSR count). The lowest BCUT2D eigenvalue weighted by Gasteiger charge is -2.51. The second-order valence-electron chi connectivity index (χ2n) is 7.58. The predicted octanol–water partition coefficient (Wildman–Crippen LogP) is 2.46. The van der Waals surface area contributed by atoms with Gasteiger partial charge in [0.2, 0.25) is 0 Å². The van der Waals surface area contributed by atoms with Gasteiger partial charge in [0, 0.05) is 37.3 Å². The molecule has 3 aromatic rings. The van der Waals surface area contributed by atoms with Crippen LogP contribution in [0, 0.1) is 12.3 Å². The SMILES string of the molecule is Cc1c(-c2cc(C(=O)N3CC4(COc5ccccc5C4)C3)no2)cnn1C. The van der Waals surface area contributed by atoms with E-state index in [0.29, 0.717) is 31.2 Å². The highest BCUT2D eigenvalue weighted by atomic mass is 16.5. The summed E-state index contributed by atoms with van der Waals surface area (Å²) in [6.07, 6.45) is 2.66. The number of nitrogens with zero attached hydrogens (tertiary/aromatic N) is 4. The molecule has 7 heteroatoms. The van der Waals surface area contributed by atoms with E-state index < -0.39 is 0 Å². The second kappa shape index (κ2) is 5.70. The predicted molar refractivity (Wildman–Crippen MR) is 97.4 cm³/mol. The molecule has 1 fully saturated rings. The van der Waals surface area contributed by atoms with Crippen molar-refractivity contribution in [3.63, 3.8) is 0 Å². The average molecular weight is 364 g/mol. The number of amides is 1. The first-order valence-corrected chi connectivity index (χ1v) is 9.00. The van der Waals surface area contributed by atoms with Gasteiger partial charge in [0.05, 0.1) is 18.4 Å². The zero-order chi connectivity index (χ0) is 18.6. The minimum atomic E-state index is -0.101. The summed E-state index contributed by atoms with van der Waals surface area (Å²) in [5.41, 5.74) is 3.37. The van der Waals surface area contributed by atoms with E-state index in [-0.39, 0.29) is 11.3 Å². The van der Waals surface area contributed by atoms with Crippen LogP contribution in [0.25, 0.3) is 11.3 Å². The van der Waals surface area contributed by atoms with Crippen molar-refractivity contribution >= 4 is 5.91 Å². The van der Waals surface area contributed by atoms with E-state index in [1.54, 1.807) is 16.9 Å². The molecule has 0 bridgehead atoms. The number of rotatable bonds is 2. The Morgan fingerprint density at radius 2 is 2.07 bits per heavy atom. The molecule has 1 saturated heterocycles. The number of likely N-dealkylation sites (tertiary alicyclic amines) is 1. The topological polar surface area (TPSA) is 73.4 Å². The van der Waals surface area contributed by atoms with Crippen LogP contribution in [0.5, 0.6) is 5.75 Å². The van der Waals surface area contributed by atoms with Crippen LogP contribution in [-0.2, 0) is 13.5 Å². The van der Waals surface area contributed by atoms with Gasteiger partial charge in [-0.3, -0.25) is 9.48 Å². The fourth-order valence-corrected chi connectivity index (χ4v) is 3.99. The number of hydrogen-bond acceptors (Lipinski definition) is 5. The number of carbonyl (C=O) groups is 1. The number of hydrogen-bond donors (Lipinski definition) is 0. The van der Waals surface area contributed by atoms with Crippen molar-refractivity contribution in [1.29, 1.82) is 0 Å². The molecular formula is C20H20N4O3. The second-order valence-corrected chi connectivity index (χ2v) is 7.58. The van der Waals surface area contributed by atoms with Crippen molar-refractivity contribution in [2.45, 2.75) is 13.3 Å². The summed E-state index contributed by atoms with van der Waals surface area (Å²) in [7, 11) is 1.87. The first-order chi connectivity index (χ1) is 13.0. The molecule has 0 aliphatic carbocycles. The first kappa shape index (κ1) is 16.1. The fourth-order valence-electron chi connectivity index (χ4n) is 3.99. The van der Waals surface area contributed by atoms with Gasteiger partial charge >= 0.3 is 0 Å². The van der Waals surface area contributed by atoms with Crippen LogP contribution in [0.2, 0.25) is 0 Å². The zero-order valence-corrected chi connectivity index (χ0v) is 15.3. The van der Waals surface area contributed by atoms with Gasteiger partial charge in [0.25, 0.3) is 5.91 Å². The normalized spacial score (nSPS) is 17.3. The lowest BCUT2D eigenvalue weighted by atomic mass is 9.74. The van der Waals surface area contributed by atoms with Crippen LogP contribution < -0.4 is 4.74 Å². The van der Waals surface area contributed by atoms with Gasteiger partial charge in [0.15, 0.2) is 11.5 Å². The molecule has 0 atom stereocenters. The average Bonchev–Trinajstić information content (AvgIpc) is 3.26. The summed E-state index contributed by atoms with van der Waals surface area (Å²) in [6.45, 7) is 3.95. The fraction of sp³-hybridized carbons (Fsp3) is 0.350. The highest BCUT2D eigenvalue weighted by Crippen LogP contribution is 2.41. The van der Waals surface area contributed by atoms with Gasteiger partial charge in [-0.15, -0.1) is 0 Å². The summed E-state index contributed by atoms with van der Waals surface area (Å²) >= 11 is 0. The third kappa shape index (κ3) is 2.53. The number of carbonyl (C=O) groups excluding carboxylic acids is 1. The molecule has 1 spiro atoms. The van der Waals surface area contributed by atoms with Crippen molar-refractivity contribution < 1.29 is 14.1 Å². The molecule has 1 amide bonds. The summed E-state index contributed by atoms with van der Waals surface area (Å²) in [6, 6.07) is 9.81. The monoisotopic (exact) mass is 364 g/mol. The standard InChI is InChI=1S/C20H20N4O3/c1-13-15(9-21-23(13)2)18-7-16(22-27-18)19(25)24-10-20(11-24)8-14-5-3-4-6-17(14)26-12-20/h3-7,9H,8,10-12H2,1-2H3. The van der Waals surface area contributed by atoms with Crippen molar-refractivity contribution in [3.05, 3.63) is 53.5 Å². The van der Waals surface area contributed by atoms with Crippen LogP contribution in [0.4, 0.5) is 0 Å². The van der Waals surface area contributed by atoms with E-state index in [0.717, 1.165) is 23.4 Å². The molecule has 7 nitrogen and oxygen atoms in total. The van der Waals surface area contributed by atoms with E-state index in [1.165, 1.54) is 5.56 Å². The summed E-state index contributed by atoms with van der Waals surface area (Å²) in [4.78, 5) is 14.6. The Balaban J connectivity index is 1.29. The van der Waals surface area contributed by atoms with Gasteiger partial charge in [-0.25, -0.2) is 0 Å². The Morgan fingerprint density at radius 1 is 1.26 bits per heavy atom. The van der Waals surface area contributed by atoms with E-state index >= 15 is 0 Å². The maximum Gasteiger partial charge on any atom is 0.276 e. The van der Waals surface area contributed by atoms with Crippen molar-refractivity contribution in [3.8, 4) is 17.1 Å². The summed E-state index contributed by atoms with van der Waals surface area (Å²) in [5.74, 6) is 1.42. The molecule has 138 valence electrons. The number of para-hydroxylation sites is 1. The molecule has 0 radical (unpaired) electrons. The van der Waals surface area contributed by atoms with Crippen LogP contribution >= 0.6 is 0 Å². The Bertz CT molecular complexity index is 1030. The first-order valence-electron chi connectivity index (χ1n) is 9.00. The van der Waals surface area contributed by atoms with E-state index in [4.69, 9.17) is 9.26 Å². The molecular weight excluding hydrogens is 344 g/mol. The minimum Gasteiger partial charge on any atom is -0.493 e. The number of benzene rings is 1. The summed E-state index contributed by atoms with van der Waals surface area (Å²) < 4.78 is 13.1. The minimum absolute atomic E-state index is 0.0104. The Kier molecular flexibility index (Phi) is 3.40. The van der Waals surface area contributed by atoms with Gasteiger partial charge in [0.1, 0.15) is 5.75 Å². The van der Waals surface area contributed by atoms with Crippen LogP contribution in [0.15, 0.2) is 41.1 Å². The van der Waals surface area contributed by atoms with Gasteiger partial charge < -0.3 is 14.2 Å². The maximum atomic E-state index is 12.8. The Hall–Kier alpha value is -3.09. The van der Waals surface area contributed by atoms with Gasteiger partial charge in [-0.1, -0.05) is 23.4 Å².